The van der Waals surface area contributed by atoms with E-state index in [1.807, 2.05) is 50.8 Å². The van der Waals surface area contributed by atoms with E-state index in [0.29, 0.717) is 12.1 Å². The monoisotopic (exact) mass is 345 g/mol. The smallest absolute Gasteiger partial charge is 0.255 e. The van der Waals surface area contributed by atoms with Crippen molar-refractivity contribution in [2.75, 3.05) is 52.7 Å². The number of rotatable bonds is 8. The number of aromatic nitrogens is 2. The molecule has 0 aliphatic rings. The molecular formula is C19H31N5O. The first-order valence-electron chi connectivity index (χ1n) is 8.95. The van der Waals surface area contributed by atoms with Crippen molar-refractivity contribution in [3.05, 3.63) is 29.6 Å². The summed E-state index contributed by atoms with van der Waals surface area (Å²) in [5.74, 6) is 1.10. The van der Waals surface area contributed by atoms with Crippen LogP contribution in [0.2, 0.25) is 0 Å². The first-order chi connectivity index (χ1) is 11.8. The molecule has 0 fully saturated rings. The van der Waals surface area contributed by atoms with E-state index in [2.05, 4.69) is 28.8 Å². The summed E-state index contributed by atoms with van der Waals surface area (Å²) < 4.78 is 2.04. The molecule has 0 aliphatic heterocycles. The highest BCUT2D eigenvalue weighted by Crippen LogP contribution is 2.22. The highest BCUT2D eigenvalue weighted by atomic mass is 16.2. The molecule has 0 saturated heterocycles. The molecule has 0 spiro atoms. The van der Waals surface area contributed by atoms with Crippen LogP contribution in [0.3, 0.4) is 0 Å². The fourth-order valence-electron chi connectivity index (χ4n) is 2.91. The van der Waals surface area contributed by atoms with E-state index < -0.39 is 0 Å². The SMILES string of the molecule is CCCCN(C)c1c(C)nc2ccc(C(=O)N(C)CCN(C)C)cn12. The summed E-state index contributed by atoms with van der Waals surface area (Å²) in [4.78, 5) is 23.4. The zero-order valence-corrected chi connectivity index (χ0v) is 16.4. The minimum Gasteiger partial charge on any atom is -0.359 e. The van der Waals surface area contributed by atoms with Crippen molar-refractivity contribution in [3.63, 3.8) is 0 Å². The summed E-state index contributed by atoms with van der Waals surface area (Å²) in [6.45, 7) is 6.74. The van der Waals surface area contributed by atoms with Crippen LogP contribution < -0.4 is 4.90 Å². The van der Waals surface area contributed by atoms with E-state index in [1.54, 1.807) is 4.90 Å². The maximum Gasteiger partial charge on any atom is 0.255 e. The van der Waals surface area contributed by atoms with Crippen molar-refractivity contribution in [1.82, 2.24) is 19.2 Å². The van der Waals surface area contributed by atoms with Gasteiger partial charge in [-0.25, -0.2) is 4.98 Å². The number of amides is 1. The van der Waals surface area contributed by atoms with Gasteiger partial charge in [0.15, 0.2) is 0 Å². The molecule has 2 aromatic rings. The molecule has 0 atom stereocenters. The van der Waals surface area contributed by atoms with Crippen molar-refractivity contribution in [1.29, 1.82) is 0 Å². The molecule has 2 heterocycles. The van der Waals surface area contributed by atoms with E-state index in [0.717, 1.165) is 43.1 Å². The number of anilines is 1. The minimum absolute atomic E-state index is 0.0391. The number of carbonyl (C=O) groups excluding carboxylic acids is 1. The number of fused-ring (bicyclic) bond motifs is 1. The average Bonchev–Trinajstić information content (AvgIpc) is 2.91. The van der Waals surface area contributed by atoms with Crippen LogP contribution in [0.25, 0.3) is 5.65 Å². The third-order valence-electron chi connectivity index (χ3n) is 4.45. The summed E-state index contributed by atoms with van der Waals surface area (Å²) in [5, 5.41) is 0. The number of aryl methyl sites for hydroxylation is 1. The topological polar surface area (TPSA) is 44.1 Å². The van der Waals surface area contributed by atoms with Crippen LogP contribution in [-0.4, -0.2) is 72.9 Å². The Morgan fingerprint density at radius 3 is 2.48 bits per heavy atom. The Labute approximate surface area is 151 Å². The lowest BCUT2D eigenvalue weighted by molar-refractivity contribution is 0.0786. The highest BCUT2D eigenvalue weighted by Gasteiger charge is 2.17. The lowest BCUT2D eigenvalue weighted by Gasteiger charge is -2.21. The standard InChI is InChI=1S/C19H31N5O/c1-7-8-11-22(5)18-15(2)20-17-10-9-16(14-24(17)18)19(25)23(6)13-12-21(3)4/h9-10,14H,7-8,11-13H2,1-6H3. The maximum atomic E-state index is 12.7. The van der Waals surface area contributed by atoms with E-state index >= 15 is 0 Å². The fraction of sp³-hybridized carbons (Fsp3) is 0.579. The van der Waals surface area contributed by atoms with Gasteiger partial charge >= 0.3 is 0 Å². The summed E-state index contributed by atoms with van der Waals surface area (Å²) in [6, 6.07) is 3.79. The maximum absolute atomic E-state index is 12.7. The Balaban J connectivity index is 2.29. The quantitative estimate of drug-likeness (QED) is 0.737. The van der Waals surface area contributed by atoms with E-state index in [4.69, 9.17) is 0 Å². The van der Waals surface area contributed by atoms with Crippen molar-refractivity contribution >= 4 is 17.4 Å². The second-order valence-corrected chi connectivity index (χ2v) is 6.97. The first kappa shape index (κ1) is 19.2. The Hall–Kier alpha value is -2.08. The van der Waals surface area contributed by atoms with Gasteiger partial charge in [-0.05, 0) is 39.6 Å². The molecule has 6 nitrogen and oxygen atoms in total. The minimum atomic E-state index is 0.0391. The molecule has 0 bridgehead atoms. The summed E-state index contributed by atoms with van der Waals surface area (Å²) in [7, 11) is 7.96. The van der Waals surface area contributed by atoms with Crippen LogP contribution in [0.15, 0.2) is 18.3 Å². The van der Waals surface area contributed by atoms with Gasteiger partial charge in [0.05, 0.1) is 11.3 Å². The second-order valence-electron chi connectivity index (χ2n) is 6.97. The molecule has 1 amide bonds. The van der Waals surface area contributed by atoms with Gasteiger partial charge in [-0.2, -0.15) is 0 Å². The number of nitrogens with zero attached hydrogens (tertiary/aromatic N) is 5. The van der Waals surface area contributed by atoms with Gasteiger partial charge in [0, 0.05) is 39.9 Å². The number of hydrogen-bond donors (Lipinski definition) is 0. The molecule has 0 N–H and O–H groups in total. The van der Waals surface area contributed by atoms with E-state index in [9.17, 15) is 4.79 Å². The van der Waals surface area contributed by atoms with Gasteiger partial charge in [0.25, 0.3) is 5.91 Å². The molecule has 138 valence electrons. The van der Waals surface area contributed by atoms with Crippen LogP contribution >= 0.6 is 0 Å². The molecule has 2 rings (SSSR count). The van der Waals surface area contributed by atoms with Crippen LogP contribution in [0.5, 0.6) is 0 Å². The lowest BCUT2D eigenvalue weighted by Crippen LogP contribution is -2.33. The van der Waals surface area contributed by atoms with E-state index in [-0.39, 0.29) is 5.91 Å². The molecular weight excluding hydrogens is 314 g/mol. The number of unbranched alkanes of at least 4 members (excludes halogenated alkanes) is 1. The normalized spacial score (nSPS) is 11.3. The summed E-state index contributed by atoms with van der Waals surface area (Å²) >= 11 is 0. The molecule has 0 saturated carbocycles. The predicted octanol–water partition coefficient (Wildman–Crippen LogP) is 2.51. The Kier molecular flexibility index (Phi) is 6.42. The van der Waals surface area contributed by atoms with Crippen molar-refractivity contribution in [3.8, 4) is 0 Å². The molecule has 0 aliphatic carbocycles. The number of pyridine rings is 1. The van der Waals surface area contributed by atoms with Crippen LogP contribution in [0, 0.1) is 6.92 Å². The average molecular weight is 345 g/mol. The number of likely N-dealkylation sites (N-methyl/N-ethyl adjacent to an activating group) is 2. The van der Waals surface area contributed by atoms with Crippen LogP contribution in [0.4, 0.5) is 5.82 Å². The molecule has 0 radical (unpaired) electrons. The Morgan fingerprint density at radius 1 is 1.12 bits per heavy atom. The largest absolute Gasteiger partial charge is 0.359 e. The van der Waals surface area contributed by atoms with Crippen molar-refractivity contribution in [2.24, 2.45) is 0 Å². The molecule has 0 aromatic carbocycles. The summed E-state index contributed by atoms with van der Waals surface area (Å²) in [6.07, 6.45) is 4.21. The van der Waals surface area contributed by atoms with E-state index in [1.165, 1.54) is 0 Å². The molecule has 6 heteroatoms. The molecule has 0 unspecified atom stereocenters. The number of carbonyl (C=O) groups is 1. The van der Waals surface area contributed by atoms with Crippen molar-refractivity contribution in [2.45, 2.75) is 26.7 Å². The third-order valence-corrected chi connectivity index (χ3v) is 4.45. The van der Waals surface area contributed by atoms with Crippen molar-refractivity contribution < 1.29 is 4.79 Å². The molecule has 2 aromatic heterocycles. The van der Waals surface area contributed by atoms with Gasteiger partial charge < -0.3 is 14.7 Å². The van der Waals surface area contributed by atoms with Gasteiger partial charge in [0.1, 0.15) is 11.5 Å². The third kappa shape index (κ3) is 4.51. The van der Waals surface area contributed by atoms with Crippen LogP contribution in [0.1, 0.15) is 35.8 Å². The van der Waals surface area contributed by atoms with Crippen LogP contribution in [-0.2, 0) is 0 Å². The van der Waals surface area contributed by atoms with Gasteiger partial charge in [-0.1, -0.05) is 13.3 Å². The van der Waals surface area contributed by atoms with Gasteiger partial charge in [-0.15, -0.1) is 0 Å². The highest BCUT2D eigenvalue weighted by molar-refractivity contribution is 5.94. The number of hydrogen-bond acceptors (Lipinski definition) is 4. The Morgan fingerprint density at radius 2 is 1.84 bits per heavy atom. The predicted molar refractivity (Wildman–Crippen MR) is 104 cm³/mol. The van der Waals surface area contributed by atoms with Gasteiger partial charge in [-0.3, -0.25) is 9.20 Å². The Bertz CT molecular complexity index is 722. The van der Waals surface area contributed by atoms with Gasteiger partial charge in [0.2, 0.25) is 0 Å². The number of imidazole rings is 1. The first-order valence-corrected chi connectivity index (χ1v) is 8.95. The lowest BCUT2D eigenvalue weighted by atomic mass is 10.2. The zero-order chi connectivity index (χ0) is 18.6. The second kappa shape index (κ2) is 8.34. The fourth-order valence-corrected chi connectivity index (χ4v) is 2.91. The summed E-state index contributed by atoms with van der Waals surface area (Å²) in [5.41, 5.74) is 2.56. The zero-order valence-electron chi connectivity index (χ0n) is 16.4. The molecule has 25 heavy (non-hydrogen) atoms.